The molecule has 0 unspecified atom stereocenters. The lowest BCUT2D eigenvalue weighted by Gasteiger charge is -2.37. The first-order chi connectivity index (χ1) is 13.6. The molecule has 29 heavy (non-hydrogen) atoms. The number of amides is 3. The molecule has 1 aliphatic rings. The summed E-state index contributed by atoms with van der Waals surface area (Å²) in [5, 5.41) is 3.07. The minimum atomic E-state index is -0.326. The molecular formula is C23H40N4O2. The van der Waals surface area contributed by atoms with E-state index in [2.05, 4.69) is 19.2 Å². The van der Waals surface area contributed by atoms with Crippen LogP contribution in [0.4, 0.5) is 4.79 Å². The van der Waals surface area contributed by atoms with E-state index in [1.54, 1.807) is 4.90 Å². The van der Waals surface area contributed by atoms with Crippen LogP contribution in [0.5, 0.6) is 0 Å². The molecule has 1 N–H and O–H groups in total. The number of rotatable bonds is 7. The quantitative estimate of drug-likeness (QED) is 0.742. The smallest absolute Gasteiger partial charge is 0.318 e. The van der Waals surface area contributed by atoms with Crippen molar-refractivity contribution >= 4 is 11.9 Å². The van der Waals surface area contributed by atoms with Gasteiger partial charge >= 0.3 is 6.03 Å². The normalized spacial score (nSPS) is 15.4. The van der Waals surface area contributed by atoms with Gasteiger partial charge in [-0.3, -0.25) is 4.79 Å². The Kier molecular flexibility index (Phi) is 8.17. The molecule has 1 aromatic rings. The second-order valence-electron chi connectivity index (χ2n) is 9.88. The molecule has 3 amide bonds. The molecule has 1 aliphatic carbocycles. The van der Waals surface area contributed by atoms with Crippen LogP contribution in [0.25, 0.3) is 0 Å². The maximum absolute atomic E-state index is 13.3. The van der Waals surface area contributed by atoms with Crippen LogP contribution >= 0.6 is 0 Å². The van der Waals surface area contributed by atoms with E-state index in [-0.39, 0.29) is 30.1 Å². The average Bonchev–Trinajstić information content (AvgIpc) is 3.02. The highest BCUT2D eigenvalue weighted by molar-refractivity contribution is 5.84. The fourth-order valence-corrected chi connectivity index (χ4v) is 3.95. The van der Waals surface area contributed by atoms with Crippen LogP contribution < -0.4 is 5.32 Å². The molecule has 0 bridgehead atoms. The zero-order valence-electron chi connectivity index (χ0n) is 19.2. The Morgan fingerprint density at radius 3 is 2.38 bits per heavy atom. The molecule has 0 spiro atoms. The Balaban J connectivity index is 2.17. The summed E-state index contributed by atoms with van der Waals surface area (Å²) in [5.74, 6) is 0.389. The first-order valence-corrected chi connectivity index (χ1v) is 11.0. The van der Waals surface area contributed by atoms with Crippen molar-refractivity contribution in [2.45, 2.75) is 84.8 Å². The summed E-state index contributed by atoms with van der Waals surface area (Å²) in [6.07, 6.45) is 7.42. The molecular weight excluding hydrogens is 364 g/mol. The predicted octanol–water partition coefficient (Wildman–Crippen LogP) is 4.15. The van der Waals surface area contributed by atoms with Gasteiger partial charge in [-0.25, -0.2) is 4.79 Å². The van der Waals surface area contributed by atoms with Crippen LogP contribution in [0, 0.1) is 5.92 Å². The van der Waals surface area contributed by atoms with E-state index < -0.39 is 0 Å². The first kappa shape index (κ1) is 23.3. The van der Waals surface area contributed by atoms with Gasteiger partial charge in [0.05, 0.1) is 6.54 Å². The number of aryl methyl sites for hydroxylation is 1. The third-order valence-corrected chi connectivity index (χ3v) is 5.41. The summed E-state index contributed by atoms with van der Waals surface area (Å²) in [5.41, 5.74) is 0.774. The lowest BCUT2D eigenvalue weighted by Crippen LogP contribution is -2.55. The van der Waals surface area contributed by atoms with Crippen molar-refractivity contribution in [1.29, 1.82) is 0 Å². The average molecular weight is 405 g/mol. The van der Waals surface area contributed by atoms with Crippen LogP contribution in [-0.4, -0.2) is 51.0 Å². The topological polar surface area (TPSA) is 57.6 Å². The fourth-order valence-electron chi connectivity index (χ4n) is 3.95. The van der Waals surface area contributed by atoms with Crippen LogP contribution in [0.1, 0.15) is 72.4 Å². The van der Waals surface area contributed by atoms with Crippen molar-refractivity contribution in [2.24, 2.45) is 13.0 Å². The highest BCUT2D eigenvalue weighted by Gasteiger charge is 2.31. The van der Waals surface area contributed by atoms with Gasteiger partial charge in [0.15, 0.2) is 0 Å². The Bertz CT molecular complexity index is 669. The van der Waals surface area contributed by atoms with Crippen LogP contribution in [-0.2, 0) is 18.4 Å². The van der Waals surface area contributed by atoms with Gasteiger partial charge in [-0.05, 0) is 51.7 Å². The Morgan fingerprint density at radius 1 is 1.21 bits per heavy atom. The van der Waals surface area contributed by atoms with E-state index >= 15 is 0 Å². The summed E-state index contributed by atoms with van der Waals surface area (Å²) in [6.45, 7) is 11.6. The molecule has 0 atom stereocenters. The van der Waals surface area contributed by atoms with Gasteiger partial charge in [0, 0.05) is 37.1 Å². The van der Waals surface area contributed by atoms with Gasteiger partial charge in [-0.15, -0.1) is 0 Å². The highest BCUT2D eigenvalue weighted by atomic mass is 16.2. The first-order valence-electron chi connectivity index (χ1n) is 11.0. The molecule has 164 valence electrons. The van der Waals surface area contributed by atoms with Crippen molar-refractivity contribution in [3.8, 4) is 0 Å². The minimum Gasteiger partial charge on any atom is -0.353 e. The van der Waals surface area contributed by atoms with E-state index in [0.29, 0.717) is 19.0 Å². The standard InChI is InChI=1S/C23H40N4O2/c1-18(2)15-26(16-20-13-10-14-25(20)6)21(28)17-27(19-11-8-7-9-12-19)22(29)24-23(3,4)5/h10,13-14,18-19H,7-9,11-12,15-17H2,1-6H3,(H,24,29). The summed E-state index contributed by atoms with van der Waals surface area (Å²) in [7, 11) is 2.00. The molecule has 0 radical (unpaired) electrons. The second kappa shape index (κ2) is 10.2. The Morgan fingerprint density at radius 2 is 1.86 bits per heavy atom. The van der Waals surface area contributed by atoms with Crippen molar-refractivity contribution in [2.75, 3.05) is 13.1 Å². The number of nitrogens with zero attached hydrogens (tertiary/aromatic N) is 3. The van der Waals surface area contributed by atoms with Crippen molar-refractivity contribution in [3.05, 3.63) is 24.0 Å². The van der Waals surface area contributed by atoms with E-state index in [1.165, 1.54) is 6.42 Å². The molecule has 0 aliphatic heterocycles. The Hall–Kier alpha value is -1.98. The summed E-state index contributed by atoms with van der Waals surface area (Å²) >= 11 is 0. The van der Waals surface area contributed by atoms with Gasteiger partial charge in [0.2, 0.25) is 5.91 Å². The molecule has 6 heteroatoms. The van der Waals surface area contributed by atoms with E-state index in [4.69, 9.17) is 0 Å². The fraction of sp³-hybridized carbons (Fsp3) is 0.739. The van der Waals surface area contributed by atoms with Crippen LogP contribution in [0.2, 0.25) is 0 Å². The van der Waals surface area contributed by atoms with Crippen molar-refractivity contribution < 1.29 is 9.59 Å². The maximum Gasteiger partial charge on any atom is 0.318 e. The van der Waals surface area contributed by atoms with Crippen LogP contribution in [0.15, 0.2) is 18.3 Å². The molecule has 1 fully saturated rings. The highest BCUT2D eigenvalue weighted by Crippen LogP contribution is 2.23. The third-order valence-electron chi connectivity index (χ3n) is 5.41. The number of urea groups is 1. The molecule has 6 nitrogen and oxygen atoms in total. The molecule has 0 aromatic carbocycles. The maximum atomic E-state index is 13.3. The number of aromatic nitrogens is 1. The number of carbonyl (C=O) groups excluding carboxylic acids is 2. The lowest BCUT2D eigenvalue weighted by molar-refractivity contribution is -0.133. The van der Waals surface area contributed by atoms with Crippen LogP contribution in [0.3, 0.4) is 0 Å². The molecule has 1 aromatic heterocycles. The van der Waals surface area contributed by atoms with E-state index in [0.717, 1.165) is 31.4 Å². The monoisotopic (exact) mass is 404 g/mol. The summed E-state index contributed by atoms with van der Waals surface area (Å²) < 4.78 is 2.05. The Labute approximate surface area is 176 Å². The second-order valence-corrected chi connectivity index (χ2v) is 9.88. The number of hydrogen-bond donors (Lipinski definition) is 1. The van der Waals surface area contributed by atoms with Gasteiger partial charge in [-0.1, -0.05) is 33.1 Å². The summed E-state index contributed by atoms with van der Waals surface area (Å²) in [4.78, 5) is 30.1. The van der Waals surface area contributed by atoms with Gasteiger partial charge in [0.25, 0.3) is 0 Å². The van der Waals surface area contributed by atoms with E-state index in [9.17, 15) is 9.59 Å². The molecule has 2 rings (SSSR count). The number of carbonyl (C=O) groups is 2. The predicted molar refractivity (Wildman–Crippen MR) is 118 cm³/mol. The molecule has 0 saturated heterocycles. The van der Waals surface area contributed by atoms with Gasteiger partial charge in [0.1, 0.15) is 6.54 Å². The van der Waals surface area contributed by atoms with E-state index in [1.807, 2.05) is 55.6 Å². The van der Waals surface area contributed by atoms with Gasteiger partial charge < -0.3 is 19.7 Å². The molecule has 1 heterocycles. The zero-order valence-corrected chi connectivity index (χ0v) is 19.2. The largest absolute Gasteiger partial charge is 0.353 e. The third kappa shape index (κ3) is 7.41. The SMILES string of the molecule is CC(C)CN(Cc1cccn1C)C(=O)CN(C(=O)NC(C)(C)C)C1CCCCC1. The van der Waals surface area contributed by atoms with Gasteiger partial charge in [-0.2, -0.15) is 0 Å². The summed E-state index contributed by atoms with van der Waals surface area (Å²) in [6, 6.07) is 4.07. The lowest BCUT2D eigenvalue weighted by atomic mass is 9.94. The van der Waals surface area contributed by atoms with Crippen molar-refractivity contribution in [1.82, 2.24) is 19.7 Å². The number of hydrogen-bond acceptors (Lipinski definition) is 2. The zero-order chi connectivity index (χ0) is 21.6. The number of nitrogens with one attached hydrogen (secondary N) is 1. The minimum absolute atomic E-state index is 0.0227. The van der Waals surface area contributed by atoms with Crippen molar-refractivity contribution in [3.63, 3.8) is 0 Å². The molecule has 1 saturated carbocycles.